The lowest BCUT2D eigenvalue weighted by Crippen LogP contribution is -2.26. The maximum absolute atomic E-state index is 6.68. The van der Waals surface area contributed by atoms with E-state index in [1.807, 2.05) is 0 Å². The molecule has 166 valence electrons. The summed E-state index contributed by atoms with van der Waals surface area (Å²) in [7, 11) is 0. The molecule has 0 heterocycles. The normalized spacial score (nSPS) is 20.2. The zero-order valence-corrected chi connectivity index (χ0v) is 19.9. The van der Waals surface area contributed by atoms with Crippen LogP contribution in [-0.4, -0.2) is 6.10 Å². The smallest absolute Gasteiger partial charge is 0.0896 e. The number of hydrogen-bond donors (Lipinski definition) is 0. The van der Waals surface area contributed by atoms with Gasteiger partial charge in [-0.1, -0.05) is 106 Å². The molecule has 1 aliphatic carbocycles. The van der Waals surface area contributed by atoms with Gasteiger partial charge in [-0.2, -0.15) is 0 Å². The summed E-state index contributed by atoms with van der Waals surface area (Å²) < 4.78 is 6.68. The summed E-state index contributed by atoms with van der Waals surface area (Å²) >= 11 is 0. The standard InChI is InChI=1S/C30H40O/c1-5-6-9-20-27-24(4)29(23(2)3)30(31-22-26-17-12-8-13-18-26)28(27)21-14-19-25-15-10-7-11-16-25/h7-8,10-13,15-18,21,23,29-30H,5-6,9,14,19-20,22H2,1-4H3/b28-21-/t29-,30?/m1/s1. The Labute approximate surface area is 190 Å². The van der Waals surface area contributed by atoms with Gasteiger partial charge in [0.1, 0.15) is 0 Å². The van der Waals surface area contributed by atoms with Crippen LogP contribution in [0, 0.1) is 11.8 Å². The fraction of sp³-hybridized carbons (Fsp3) is 0.467. The molecule has 0 spiro atoms. The molecular weight excluding hydrogens is 376 g/mol. The average molecular weight is 417 g/mol. The Kier molecular flexibility index (Phi) is 9.15. The van der Waals surface area contributed by atoms with Gasteiger partial charge >= 0.3 is 0 Å². The first-order valence-corrected chi connectivity index (χ1v) is 12.2. The van der Waals surface area contributed by atoms with Crippen LogP contribution in [0.3, 0.4) is 0 Å². The van der Waals surface area contributed by atoms with Gasteiger partial charge in [-0.15, -0.1) is 0 Å². The van der Waals surface area contributed by atoms with Crippen molar-refractivity contribution in [3.05, 3.63) is 94.6 Å². The van der Waals surface area contributed by atoms with E-state index < -0.39 is 0 Å². The summed E-state index contributed by atoms with van der Waals surface area (Å²) in [5, 5.41) is 0. The highest BCUT2D eigenvalue weighted by molar-refractivity contribution is 5.46. The molecule has 0 saturated heterocycles. The first kappa shape index (κ1) is 23.5. The molecule has 0 N–H and O–H groups in total. The highest BCUT2D eigenvalue weighted by atomic mass is 16.5. The van der Waals surface area contributed by atoms with Gasteiger partial charge in [-0.05, 0) is 60.8 Å². The van der Waals surface area contributed by atoms with Gasteiger partial charge in [0.25, 0.3) is 0 Å². The number of allylic oxidation sites excluding steroid dienone is 1. The third-order valence-corrected chi connectivity index (χ3v) is 6.62. The zero-order chi connectivity index (χ0) is 22.1. The lowest BCUT2D eigenvalue weighted by atomic mass is 9.87. The van der Waals surface area contributed by atoms with Crippen molar-refractivity contribution in [2.24, 2.45) is 11.8 Å². The van der Waals surface area contributed by atoms with Crippen LogP contribution in [0.5, 0.6) is 0 Å². The molecule has 0 aromatic heterocycles. The van der Waals surface area contributed by atoms with Crippen molar-refractivity contribution < 1.29 is 4.74 Å². The molecule has 2 atom stereocenters. The first-order valence-electron chi connectivity index (χ1n) is 12.2. The van der Waals surface area contributed by atoms with Crippen molar-refractivity contribution in [1.82, 2.24) is 0 Å². The lowest BCUT2D eigenvalue weighted by Gasteiger charge is -2.26. The summed E-state index contributed by atoms with van der Waals surface area (Å²) in [4.78, 5) is 0. The molecule has 0 aliphatic heterocycles. The molecule has 0 bridgehead atoms. The number of rotatable bonds is 11. The second-order valence-corrected chi connectivity index (χ2v) is 9.29. The predicted molar refractivity (Wildman–Crippen MR) is 133 cm³/mol. The van der Waals surface area contributed by atoms with Crippen LogP contribution < -0.4 is 0 Å². The van der Waals surface area contributed by atoms with E-state index in [4.69, 9.17) is 4.74 Å². The zero-order valence-electron chi connectivity index (χ0n) is 19.9. The van der Waals surface area contributed by atoms with Crippen molar-refractivity contribution in [3.8, 4) is 0 Å². The van der Waals surface area contributed by atoms with Crippen LogP contribution in [-0.2, 0) is 17.8 Å². The molecule has 1 aliphatic rings. The van der Waals surface area contributed by atoms with E-state index in [9.17, 15) is 0 Å². The predicted octanol–water partition coefficient (Wildman–Crippen LogP) is 8.31. The minimum atomic E-state index is 0.174. The molecule has 2 aromatic carbocycles. The Morgan fingerprint density at radius 2 is 1.52 bits per heavy atom. The molecule has 31 heavy (non-hydrogen) atoms. The highest BCUT2D eigenvalue weighted by Gasteiger charge is 2.38. The van der Waals surface area contributed by atoms with E-state index in [0.29, 0.717) is 18.4 Å². The van der Waals surface area contributed by atoms with Crippen LogP contribution in [0.25, 0.3) is 0 Å². The van der Waals surface area contributed by atoms with Gasteiger partial charge in [0, 0.05) is 5.92 Å². The Balaban J connectivity index is 1.82. The van der Waals surface area contributed by atoms with Crippen LogP contribution in [0.1, 0.15) is 70.9 Å². The second kappa shape index (κ2) is 12.1. The molecular formula is C30H40O. The highest BCUT2D eigenvalue weighted by Crippen LogP contribution is 2.44. The summed E-state index contributed by atoms with van der Waals surface area (Å²) in [6.45, 7) is 10.0. The molecule has 1 heteroatoms. The number of benzene rings is 2. The summed E-state index contributed by atoms with van der Waals surface area (Å²) in [6, 6.07) is 21.4. The Morgan fingerprint density at radius 3 is 2.13 bits per heavy atom. The van der Waals surface area contributed by atoms with Gasteiger partial charge in [-0.3, -0.25) is 0 Å². The quantitative estimate of drug-likeness (QED) is 0.335. The molecule has 3 rings (SSSR count). The summed E-state index contributed by atoms with van der Waals surface area (Å²) in [5.41, 5.74) is 7.28. The minimum Gasteiger partial charge on any atom is -0.368 e. The van der Waals surface area contributed by atoms with Gasteiger partial charge < -0.3 is 4.74 Å². The molecule has 0 fully saturated rings. The fourth-order valence-corrected chi connectivity index (χ4v) is 5.00. The maximum atomic E-state index is 6.68. The molecule has 1 unspecified atom stereocenters. The van der Waals surface area contributed by atoms with Crippen molar-refractivity contribution in [1.29, 1.82) is 0 Å². The van der Waals surface area contributed by atoms with E-state index in [0.717, 1.165) is 12.8 Å². The topological polar surface area (TPSA) is 9.23 Å². The van der Waals surface area contributed by atoms with Gasteiger partial charge in [-0.25, -0.2) is 0 Å². The molecule has 0 saturated carbocycles. The van der Waals surface area contributed by atoms with E-state index >= 15 is 0 Å². The van der Waals surface area contributed by atoms with Gasteiger partial charge in [0.2, 0.25) is 0 Å². The largest absolute Gasteiger partial charge is 0.368 e. The van der Waals surface area contributed by atoms with Crippen LogP contribution in [0.4, 0.5) is 0 Å². The Morgan fingerprint density at radius 1 is 0.871 bits per heavy atom. The lowest BCUT2D eigenvalue weighted by molar-refractivity contribution is 0.0298. The SMILES string of the molecule is CCCCCC1=C(C)[C@@H](C(C)C)C(OCc2ccccc2)/C1=C\CCc1ccccc1. The van der Waals surface area contributed by atoms with E-state index in [2.05, 4.69) is 94.4 Å². The van der Waals surface area contributed by atoms with E-state index in [-0.39, 0.29) is 6.10 Å². The van der Waals surface area contributed by atoms with Crippen molar-refractivity contribution in [2.45, 2.75) is 78.9 Å². The third-order valence-electron chi connectivity index (χ3n) is 6.62. The number of ether oxygens (including phenoxy) is 1. The Hall–Kier alpha value is -2.12. The maximum Gasteiger partial charge on any atom is 0.0896 e. The second-order valence-electron chi connectivity index (χ2n) is 9.29. The fourth-order valence-electron chi connectivity index (χ4n) is 5.00. The molecule has 2 aromatic rings. The summed E-state index contributed by atoms with van der Waals surface area (Å²) in [6.07, 6.45) is 9.85. The average Bonchev–Trinajstić information content (AvgIpc) is 3.05. The Bertz CT molecular complexity index is 844. The van der Waals surface area contributed by atoms with Crippen LogP contribution in [0.15, 0.2) is 83.5 Å². The molecule has 1 nitrogen and oxygen atoms in total. The van der Waals surface area contributed by atoms with Gasteiger partial charge in [0.15, 0.2) is 0 Å². The summed E-state index contributed by atoms with van der Waals surface area (Å²) in [5.74, 6) is 1.05. The van der Waals surface area contributed by atoms with Crippen molar-refractivity contribution in [2.75, 3.05) is 0 Å². The van der Waals surface area contributed by atoms with Crippen molar-refractivity contribution >= 4 is 0 Å². The molecule has 0 radical (unpaired) electrons. The molecule has 0 amide bonds. The minimum absolute atomic E-state index is 0.174. The van der Waals surface area contributed by atoms with Crippen LogP contribution in [0.2, 0.25) is 0 Å². The van der Waals surface area contributed by atoms with Gasteiger partial charge in [0.05, 0.1) is 12.7 Å². The third kappa shape index (κ3) is 6.43. The van der Waals surface area contributed by atoms with E-state index in [1.54, 1.807) is 11.1 Å². The van der Waals surface area contributed by atoms with E-state index in [1.165, 1.54) is 42.4 Å². The van der Waals surface area contributed by atoms with Crippen molar-refractivity contribution in [3.63, 3.8) is 0 Å². The number of hydrogen-bond acceptors (Lipinski definition) is 1. The first-order chi connectivity index (χ1) is 15.1. The number of unbranched alkanes of at least 4 members (excludes halogenated alkanes) is 2. The number of aryl methyl sites for hydroxylation is 1. The van der Waals surface area contributed by atoms with Crippen LogP contribution >= 0.6 is 0 Å². The monoisotopic (exact) mass is 416 g/mol.